The van der Waals surface area contributed by atoms with E-state index < -0.39 is 11.2 Å². The number of aromatic amines is 1. The minimum atomic E-state index is -0.616. The zero-order valence-corrected chi connectivity index (χ0v) is 7.42. The molecule has 0 atom stereocenters. The van der Waals surface area contributed by atoms with Crippen LogP contribution in [0.3, 0.4) is 0 Å². The predicted octanol–water partition coefficient (Wildman–Crippen LogP) is -0.263. The van der Waals surface area contributed by atoms with Crippen molar-refractivity contribution in [3.63, 3.8) is 0 Å². The number of H-pyrrole nitrogens is 1. The van der Waals surface area contributed by atoms with E-state index in [1.165, 1.54) is 4.57 Å². The molecule has 1 aromatic rings. The van der Waals surface area contributed by atoms with Crippen LogP contribution in [-0.2, 0) is 6.54 Å². The molecule has 0 saturated heterocycles. The van der Waals surface area contributed by atoms with Crippen molar-refractivity contribution in [1.82, 2.24) is 9.55 Å². The molecular formula is C8H9N3O2. The zero-order chi connectivity index (χ0) is 10.0. The molecule has 0 aliphatic rings. The lowest BCUT2D eigenvalue weighted by molar-refractivity contribution is 0.666. The average Bonchev–Trinajstić information content (AvgIpc) is 2.04. The summed E-state index contributed by atoms with van der Waals surface area (Å²) in [5, 5.41) is 8.62. The lowest BCUT2D eigenvalue weighted by Crippen LogP contribution is -2.33. The molecule has 68 valence electrons. The van der Waals surface area contributed by atoms with Crippen molar-refractivity contribution in [2.24, 2.45) is 0 Å². The number of aromatic nitrogens is 2. The molecule has 0 spiro atoms. The molecule has 0 radical (unpaired) electrons. The highest BCUT2D eigenvalue weighted by Crippen LogP contribution is 1.96. The number of rotatable bonds is 1. The summed E-state index contributed by atoms with van der Waals surface area (Å²) in [6.07, 6.45) is 0. The third kappa shape index (κ3) is 1.38. The van der Waals surface area contributed by atoms with Gasteiger partial charge in [0.1, 0.15) is 11.6 Å². The van der Waals surface area contributed by atoms with Gasteiger partial charge in [-0.3, -0.25) is 14.3 Å². The summed E-state index contributed by atoms with van der Waals surface area (Å²) in [5.41, 5.74) is -0.668. The first-order chi connectivity index (χ1) is 6.11. The molecule has 1 N–H and O–H groups in total. The Kier molecular flexibility index (Phi) is 2.33. The summed E-state index contributed by atoms with van der Waals surface area (Å²) in [6, 6.07) is 1.76. The van der Waals surface area contributed by atoms with Gasteiger partial charge in [-0.25, -0.2) is 4.79 Å². The van der Waals surface area contributed by atoms with E-state index in [4.69, 9.17) is 5.26 Å². The summed E-state index contributed by atoms with van der Waals surface area (Å²) in [5.74, 6) is 0. The fourth-order valence-electron chi connectivity index (χ4n) is 1.19. The Hall–Kier alpha value is -1.83. The van der Waals surface area contributed by atoms with Crippen LogP contribution in [0, 0.1) is 18.3 Å². The number of nitrogens with one attached hydrogen (secondary N) is 1. The predicted molar refractivity (Wildman–Crippen MR) is 46.4 cm³/mol. The molecule has 0 fully saturated rings. The van der Waals surface area contributed by atoms with Crippen LogP contribution in [-0.4, -0.2) is 9.55 Å². The molecule has 0 amide bonds. The second-order valence-corrected chi connectivity index (χ2v) is 2.58. The van der Waals surface area contributed by atoms with Gasteiger partial charge in [0.2, 0.25) is 0 Å². The van der Waals surface area contributed by atoms with Crippen LogP contribution in [0.15, 0.2) is 9.59 Å². The van der Waals surface area contributed by atoms with Gasteiger partial charge < -0.3 is 0 Å². The van der Waals surface area contributed by atoms with Gasteiger partial charge in [0.25, 0.3) is 5.56 Å². The van der Waals surface area contributed by atoms with Crippen LogP contribution in [0.4, 0.5) is 0 Å². The van der Waals surface area contributed by atoms with Gasteiger partial charge in [0, 0.05) is 12.2 Å². The van der Waals surface area contributed by atoms with E-state index >= 15 is 0 Å². The first-order valence-corrected chi connectivity index (χ1v) is 3.85. The number of hydrogen-bond acceptors (Lipinski definition) is 3. The molecule has 1 heterocycles. The summed E-state index contributed by atoms with van der Waals surface area (Å²) >= 11 is 0. The van der Waals surface area contributed by atoms with Crippen LogP contribution in [0.5, 0.6) is 0 Å². The maximum atomic E-state index is 11.2. The third-order valence-electron chi connectivity index (χ3n) is 1.89. The van der Waals surface area contributed by atoms with Gasteiger partial charge in [-0.05, 0) is 13.8 Å². The largest absolute Gasteiger partial charge is 0.328 e. The van der Waals surface area contributed by atoms with E-state index in [9.17, 15) is 9.59 Å². The van der Waals surface area contributed by atoms with Crippen molar-refractivity contribution in [2.45, 2.75) is 20.4 Å². The fourth-order valence-corrected chi connectivity index (χ4v) is 1.19. The quantitative estimate of drug-likeness (QED) is 0.644. The standard InChI is InChI=1S/C8H9N3O2/c1-3-11-5(2)6(4-9)7(12)10-8(11)13/h3H2,1-2H3,(H,10,12,13). The molecule has 0 aliphatic carbocycles. The molecule has 0 aromatic carbocycles. The maximum Gasteiger partial charge on any atom is 0.328 e. The van der Waals surface area contributed by atoms with Crippen LogP contribution in [0.1, 0.15) is 18.2 Å². The molecule has 1 aromatic heterocycles. The summed E-state index contributed by atoms with van der Waals surface area (Å²) in [4.78, 5) is 24.3. The minimum absolute atomic E-state index is 0.00134. The highest BCUT2D eigenvalue weighted by Gasteiger charge is 2.08. The fraction of sp³-hybridized carbons (Fsp3) is 0.375. The molecule has 1 rings (SSSR count). The van der Waals surface area contributed by atoms with Crippen molar-refractivity contribution >= 4 is 0 Å². The van der Waals surface area contributed by atoms with Crippen molar-refractivity contribution in [3.05, 3.63) is 32.1 Å². The van der Waals surface area contributed by atoms with E-state index in [-0.39, 0.29) is 5.56 Å². The second-order valence-electron chi connectivity index (χ2n) is 2.58. The van der Waals surface area contributed by atoms with Gasteiger partial charge in [0.05, 0.1) is 0 Å². The Morgan fingerprint density at radius 2 is 2.15 bits per heavy atom. The third-order valence-corrected chi connectivity index (χ3v) is 1.89. The number of hydrogen-bond donors (Lipinski definition) is 1. The summed E-state index contributed by atoms with van der Waals surface area (Å²) < 4.78 is 1.35. The smallest absolute Gasteiger partial charge is 0.297 e. The molecule has 5 nitrogen and oxygen atoms in total. The molecule has 5 heteroatoms. The zero-order valence-electron chi connectivity index (χ0n) is 7.42. The van der Waals surface area contributed by atoms with Crippen molar-refractivity contribution in [1.29, 1.82) is 5.26 Å². The van der Waals surface area contributed by atoms with E-state index in [0.29, 0.717) is 12.2 Å². The lowest BCUT2D eigenvalue weighted by Gasteiger charge is -2.05. The summed E-state index contributed by atoms with van der Waals surface area (Å²) in [6.45, 7) is 3.79. The average molecular weight is 179 g/mol. The first kappa shape index (κ1) is 9.26. The van der Waals surface area contributed by atoms with Crippen LogP contribution < -0.4 is 11.2 Å². The Balaban J connectivity index is 3.71. The van der Waals surface area contributed by atoms with E-state index in [2.05, 4.69) is 4.98 Å². The van der Waals surface area contributed by atoms with Crippen LogP contribution in [0.2, 0.25) is 0 Å². The van der Waals surface area contributed by atoms with Crippen molar-refractivity contribution in [2.75, 3.05) is 0 Å². The molecular weight excluding hydrogens is 170 g/mol. The molecule has 0 aliphatic heterocycles. The van der Waals surface area contributed by atoms with Gasteiger partial charge in [-0.15, -0.1) is 0 Å². The number of nitrogens with zero attached hydrogens (tertiary/aromatic N) is 2. The lowest BCUT2D eigenvalue weighted by atomic mass is 10.2. The Labute approximate surface area is 74.3 Å². The molecule has 0 unspecified atom stereocenters. The molecule has 0 saturated carbocycles. The van der Waals surface area contributed by atoms with Gasteiger partial charge in [-0.2, -0.15) is 5.26 Å². The first-order valence-electron chi connectivity index (χ1n) is 3.85. The van der Waals surface area contributed by atoms with Crippen LogP contribution >= 0.6 is 0 Å². The van der Waals surface area contributed by atoms with Gasteiger partial charge in [-0.1, -0.05) is 0 Å². The van der Waals surface area contributed by atoms with E-state index in [1.807, 2.05) is 0 Å². The monoisotopic (exact) mass is 179 g/mol. The van der Waals surface area contributed by atoms with Crippen molar-refractivity contribution < 1.29 is 0 Å². The normalized spacial score (nSPS) is 9.62. The highest BCUT2D eigenvalue weighted by atomic mass is 16.2. The topological polar surface area (TPSA) is 78.7 Å². The van der Waals surface area contributed by atoms with E-state index in [1.54, 1.807) is 19.9 Å². The minimum Gasteiger partial charge on any atom is -0.297 e. The molecule has 0 bridgehead atoms. The van der Waals surface area contributed by atoms with Gasteiger partial charge >= 0.3 is 5.69 Å². The van der Waals surface area contributed by atoms with Crippen molar-refractivity contribution in [3.8, 4) is 6.07 Å². The number of nitriles is 1. The second kappa shape index (κ2) is 3.27. The Bertz CT molecular complexity index is 476. The van der Waals surface area contributed by atoms with Gasteiger partial charge in [0.15, 0.2) is 0 Å². The molecule has 13 heavy (non-hydrogen) atoms. The summed E-state index contributed by atoms with van der Waals surface area (Å²) in [7, 11) is 0. The Morgan fingerprint density at radius 1 is 1.54 bits per heavy atom. The highest BCUT2D eigenvalue weighted by molar-refractivity contribution is 5.29. The Morgan fingerprint density at radius 3 is 2.62 bits per heavy atom. The van der Waals surface area contributed by atoms with E-state index in [0.717, 1.165) is 0 Å². The maximum absolute atomic E-state index is 11.2. The SMILES string of the molecule is CCn1c(C)c(C#N)c(=O)[nH]c1=O. The van der Waals surface area contributed by atoms with Crippen LogP contribution in [0.25, 0.3) is 0 Å².